The quantitative estimate of drug-likeness (QED) is 0.163. The molecule has 32 heavy (non-hydrogen) atoms. The Morgan fingerprint density at radius 1 is 0.656 bits per heavy atom. The van der Waals surface area contributed by atoms with Gasteiger partial charge in [-0.05, 0) is 67.2 Å². The molecular weight excluding hydrogens is 559 g/mol. The average molecular weight is 615 g/mol. The van der Waals surface area contributed by atoms with Crippen LogP contribution in [0.5, 0.6) is 0 Å². The molecule has 0 saturated heterocycles. The molecule has 0 heterocycles. The first-order valence-electron chi connectivity index (χ1n) is 12.5. The molecule has 1 aliphatic carbocycles. The number of alkyl halides is 1. The summed E-state index contributed by atoms with van der Waals surface area (Å²) in [6.45, 7) is 36.1. The summed E-state index contributed by atoms with van der Waals surface area (Å²) in [5, 5.41) is 0.657. The fourth-order valence-electron chi connectivity index (χ4n) is 3.30. The highest BCUT2D eigenvalue weighted by atomic mass is 127. The molecule has 0 aromatic heterocycles. The summed E-state index contributed by atoms with van der Waals surface area (Å²) in [5.74, 6) is 0.429. The highest BCUT2D eigenvalue weighted by Gasteiger charge is 2.48. The summed E-state index contributed by atoms with van der Waals surface area (Å²) >= 11 is 2.67. The van der Waals surface area contributed by atoms with Crippen molar-refractivity contribution >= 4 is 47.5 Å². The van der Waals surface area contributed by atoms with E-state index >= 15 is 0 Å². The standard InChI is InChI=1S/C25H55IO3Si3/c1-23(2,3)30(10,11)27-18-20-21(26)16-19(28-31(12,13)24(4,5)6)17-22(20)29-32(14,15)25(7,8)9/h19-22H,16-18H2,1-15H3/t19-,20+,21+,22+/m1/s1. The third-order valence-corrected chi connectivity index (χ3v) is 23.9. The molecule has 1 rings (SSSR count). The Kier molecular flexibility index (Phi) is 10.1. The maximum Gasteiger partial charge on any atom is 0.192 e. The van der Waals surface area contributed by atoms with Gasteiger partial charge in [-0.1, -0.05) is 84.9 Å². The van der Waals surface area contributed by atoms with Gasteiger partial charge in [-0.3, -0.25) is 0 Å². The molecule has 0 unspecified atom stereocenters. The zero-order valence-electron chi connectivity index (χ0n) is 24.0. The van der Waals surface area contributed by atoms with E-state index in [4.69, 9.17) is 13.3 Å². The SMILES string of the molecule is CC(C)(C)[Si](C)(C)OC[C@@H]1[C@@H](O[Si](C)(C)C(C)(C)C)C[C@H](O[Si](C)(C)C(C)(C)C)C[C@@H]1I. The lowest BCUT2D eigenvalue weighted by Crippen LogP contribution is -2.54. The van der Waals surface area contributed by atoms with Crippen LogP contribution in [-0.4, -0.2) is 47.7 Å². The van der Waals surface area contributed by atoms with E-state index in [1.807, 2.05) is 0 Å². The van der Waals surface area contributed by atoms with Crippen molar-refractivity contribution in [1.29, 1.82) is 0 Å². The van der Waals surface area contributed by atoms with Gasteiger partial charge in [-0.15, -0.1) is 0 Å². The molecule has 3 nitrogen and oxygen atoms in total. The van der Waals surface area contributed by atoms with Gasteiger partial charge in [-0.2, -0.15) is 0 Å². The van der Waals surface area contributed by atoms with E-state index in [1.165, 1.54) is 0 Å². The lowest BCUT2D eigenvalue weighted by molar-refractivity contribution is 0.00244. The molecule has 0 bridgehead atoms. The van der Waals surface area contributed by atoms with E-state index in [1.54, 1.807) is 0 Å². The average Bonchev–Trinajstić information content (AvgIpc) is 2.49. The van der Waals surface area contributed by atoms with Crippen LogP contribution in [0.4, 0.5) is 0 Å². The highest BCUT2D eigenvalue weighted by molar-refractivity contribution is 14.1. The number of rotatable bonds is 7. The third-order valence-electron chi connectivity index (χ3n) is 8.89. The normalized spacial score (nSPS) is 27.0. The van der Waals surface area contributed by atoms with Gasteiger partial charge in [0.1, 0.15) is 0 Å². The van der Waals surface area contributed by atoms with E-state index < -0.39 is 25.0 Å². The van der Waals surface area contributed by atoms with Gasteiger partial charge in [0.25, 0.3) is 0 Å². The van der Waals surface area contributed by atoms with Crippen molar-refractivity contribution in [2.24, 2.45) is 5.92 Å². The number of hydrogen-bond acceptors (Lipinski definition) is 3. The molecule has 0 aliphatic heterocycles. The molecule has 0 aromatic rings. The largest absolute Gasteiger partial charge is 0.416 e. The zero-order valence-corrected chi connectivity index (χ0v) is 29.2. The third kappa shape index (κ3) is 7.88. The molecule has 0 spiro atoms. The predicted octanol–water partition coefficient (Wildman–Crippen LogP) is 9.00. The first-order valence-corrected chi connectivity index (χ1v) is 22.5. The van der Waals surface area contributed by atoms with E-state index in [-0.39, 0.29) is 27.3 Å². The lowest BCUT2D eigenvalue weighted by Gasteiger charge is -2.49. The van der Waals surface area contributed by atoms with Gasteiger partial charge in [0.05, 0.1) is 6.10 Å². The van der Waals surface area contributed by atoms with Gasteiger partial charge < -0.3 is 13.3 Å². The predicted molar refractivity (Wildman–Crippen MR) is 158 cm³/mol. The van der Waals surface area contributed by atoms with Crippen molar-refractivity contribution < 1.29 is 13.3 Å². The van der Waals surface area contributed by atoms with Crippen molar-refractivity contribution in [1.82, 2.24) is 0 Å². The first-order chi connectivity index (χ1) is 13.9. The van der Waals surface area contributed by atoms with Crippen LogP contribution in [0.2, 0.25) is 54.4 Å². The maximum atomic E-state index is 7.11. The second-order valence-corrected chi connectivity index (χ2v) is 30.6. The Hall–Kier alpha value is 1.26. The molecule has 1 aliphatic rings. The van der Waals surface area contributed by atoms with Crippen LogP contribution < -0.4 is 0 Å². The van der Waals surface area contributed by atoms with Crippen molar-refractivity contribution in [2.75, 3.05) is 6.61 Å². The Bertz CT molecular complexity index is 615. The Morgan fingerprint density at radius 3 is 1.47 bits per heavy atom. The molecule has 7 heteroatoms. The van der Waals surface area contributed by atoms with Crippen LogP contribution in [0.3, 0.4) is 0 Å². The van der Waals surface area contributed by atoms with Crippen LogP contribution in [-0.2, 0) is 13.3 Å². The van der Waals surface area contributed by atoms with Gasteiger partial charge in [-0.25, -0.2) is 0 Å². The summed E-state index contributed by atoms with van der Waals surface area (Å²) in [6.07, 6.45) is 2.61. The second kappa shape index (κ2) is 10.3. The molecule has 0 aromatic carbocycles. The molecule has 1 fully saturated rings. The fourth-order valence-corrected chi connectivity index (χ4v) is 8.34. The van der Waals surface area contributed by atoms with Crippen molar-refractivity contribution in [3.05, 3.63) is 0 Å². The molecule has 0 N–H and O–H groups in total. The van der Waals surface area contributed by atoms with Crippen molar-refractivity contribution in [3.63, 3.8) is 0 Å². The van der Waals surface area contributed by atoms with E-state index in [9.17, 15) is 0 Å². The molecule has 192 valence electrons. The molecule has 0 radical (unpaired) electrons. The van der Waals surface area contributed by atoms with Crippen molar-refractivity contribution in [2.45, 2.75) is 146 Å². The zero-order chi connectivity index (χ0) is 25.6. The van der Waals surface area contributed by atoms with E-state index in [2.05, 4.69) is 124 Å². The van der Waals surface area contributed by atoms with E-state index in [0.29, 0.717) is 9.84 Å². The Labute approximate surface area is 218 Å². The molecule has 0 amide bonds. The molecule has 4 atom stereocenters. The number of halogens is 1. The Balaban J connectivity index is 3.15. The highest BCUT2D eigenvalue weighted by Crippen LogP contribution is 2.45. The summed E-state index contributed by atoms with van der Waals surface area (Å²) in [4.78, 5) is 0. The summed E-state index contributed by atoms with van der Waals surface area (Å²) in [7, 11) is -5.50. The minimum atomic E-state index is -1.89. The van der Waals surface area contributed by atoms with Gasteiger partial charge in [0, 0.05) is 22.6 Å². The van der Waals surface area contributed by atoms with Crippen molar-refractivity contribution in [3.8, 4) is 0 Å². The first kappa shape index (κ1) is 31.3. The van der Waals surface area contributed by atoms with Crippen LogP contribution in [0.1, 0.15) is 75.2 Å². The monoisotopic (exact) mass is 614 g/mol. The second-order valence-electron chi connectivity index (χ2n) is 14.6. The smallest absolute Gasteiger partial charge is 0.192 e. The molecule has 1 saturated carbocycles. The lowest BCUT2D eigenvalue weighted by atomic mass is 9.85. The molecular formula is C25H55IO3Si3. The fraction of sp³-hybridized carbons (Fsp3) is 1.00. The maximum absolute atomic E-state index is 7.11. The van der Waals surface area contributed by atoms with Crippen LogP contribution in [0.25, 0.3) is 0 Å². The van der Waals surface area contributed by atoms with E-state index in [0.717, 1.165) is 19.4 Å². The minimum absolute atomic E-state index is 0.200. The van der Waals surface area contributed by atoms with Gasteiger partial charge >= 0.3 is 0 Å². The van der Waals surface area contributed by atoms with Gasteiger partial charge in [0.2, 0.25) is 0 Å². The summed E-state index contributed by atoms with van der Waals surface area (Å²) in [6, 6.07) is 0. The topological polar surface area (TPSA) is 27.7 Å². The summed E-state index contributed by atoms with van der Waals surface area (Å²) < 4.78 is 21.3. The Morgan fingerprint density at radius 2 is 1.06 bits per heavy atom. The minimum Gasteiger partial charge on any atom is -0.416 e. The van der Waals surface area contributed by atoms with Crippen LogP contribution in [0, 0.1) is 5.92 Å². The number of hydrogen-bond donors (Lipinski definition) is 0. The van der Waals surface area contributed by atoms with Crippen LogP contribution >= 0.6 is 22.6 Å². The van der Waals surface area contributed by atoms with Gasteiger partial charge in [0.15, 0.2) is 25.0 Å². The van der Waals surface area contributed by atoms with Crippen LogP contribution in [0.15, 0.2) is 0 Å². The summed E-state index contributed by atoms with van der Waals surface area (Å²) in [5.41, 5.74) is 0.